The van der Waals surface area contributed by atoms with Gasteiger partial charge in [0.15, 0.2) is 0 Å². The summed E-state index contributed by atoms with van der Waals surface area (Å²) in [4.78, 5) is 7.60. The molecule has 0 unspecified atom stereocenters. The number of para-hydroxylation sites is 1. The molecule has 1 aliphatic heterocycles. The number of aryl methyl sites for hydroxylation is 1. The van der Waals surface area contributed by atoms with E-state index in [1.54, 1.807) is 6.07 Å². The topological polar surface area (TPSA) is 40.2 Å². The van der Waals surface area contributed by atoms with E-state index in [0.717, 1.165) is 41.5 Å². The second kappa shape index (κ2) is 7.64. The number of benzene rings is 2. The van der Waals surface area contributed by atoms with Gasteiger partial charge >= 0.3 is 6.18 Å². The molecule has 1 aliphatic rings. The molecule has 1 aromatic heterocycles. The first-order valence-corrected chi connectivity index (χ1v) is 8.57. The average Bonchev–Trinajstić information content (AvgIpc) is 3.26. The van der Waals surface area contributed by atoms with Crippen LogP contribution in [0.15, 0.2) is 53.5 Å². The zero-order chi connectivity index (χ0) is 18.1. The number of H-pyrrole nitrogens is 1. The maximum absolute atomic E-state index is 13.5. The van der Waals surface area contributed by atoms with Gasteiger partial charge in [-0.25, -0.2) is 0 Å². The van der Waals surface area contributed by atoms with Gasteiger partial charge in [-0.1, -0.05) is 36.4 Å². The van der Waals surface area contributed by atoms with Gasteiger partial charge < -0.3 is 10.3 Å². The second-order valence-electron chi connectivity index (χ2n) is 6.32. The first-order chi connectivity index (χ1) is 12.5. The summed E-state index contributed by atoms with van der Waals surface area (Å²) < 4.78 is 40.5. The van der Waals surface area contributed by atoms with E-state index in [2.05, 4.69) is 15.3 Å². The molecule has 0 saturated heterocycles. The number of hydrogen-bond donors (Lipinski definition) is 2. The molecule has 4 rings (SSSR count). The Hall–Kier alpha value is -2.47. The Morgan fingerprint density at radius 1 is 0.963 bits per heavy atom. The maximum atomic E-state index is 13.5. The highest BCUT2D eigenvalue weighted by molar-refractivity contribution is 5.92. The number of nitrogens with zero attached hydrogens (tertiary/aromatic N) is 1. The molecule has 2 aromatic carbocycles. The van der Waals surface area contributed by atoms with E-state index in [1.165, 1.54) is 12.1 Å². The van der Waals surface area contributed by atoms with Gasteiger partial charge in [-0.05, 0) is 24.1 Å². The van der Waals surface area contributed by atoms with Crippen molar-refractivity contribution in [3.05, 3.63) is 59.7 Å². The summed E-state index contributed by atoms with van der Waals surface area (Å²) in [7, 11) is 0. The first kappa shape index (κ1) is 19.3. The van der Waals surface area contributed by atoms with Gasteiger partial charge in [0.05, 0.1) is 23.6 Å². The van der Waals surface area contributed by atoms with E-state index in [1.807, 2.05) is 24.3 Å². The quantitative estimate of drug-likeness (QED) is 0.627. The molecule has 0 atom stereocenters. The summed E-state index contributed by atoms with van der Waals surface area (Å²) in [6.07, 6.45) is -3.09. The van der Waals surface area contributed by atoms with Crippen LogP contribution in [0, 0.1) is 0 Å². The third-order valence-corrected chi connectivity index (χ3v) is 4.67. The van der Waals surface area contributed by atoms with Crippen LogP contribution >= 0.6 is 12.4 Å². The molecule has 2 N–H and O–H groups in total. The lowest BCUT2D eigenvalue weighted by Gasteiger charge is -2.13. The van der Waals surface area contributed by atoms with Crippen LogP contribution in [0.25, 0.3) is 22.2 Å². The molecular formula is C20H19ClF3N3. The van der Waals surface area contributed by atoms with E-state index in [0.29, 0.717) is 18.5 Å². The van der Waals surface area contributed by atoms with Gasteiger partial charge in [0, 0.05) is 29.4 Å². The number of aromatic amines is 1. The molecule has 142 valence electrons. The van der Waals surface area contributed by atoms with E-state index >= 15 is 0 Å². The van der Waals surface area contributed by atoms with Crippen LogP contribution in [0.2, 0.25) is 0 Å². The van der Waals surface area contributed by atoms with Gasteiger partial charge in [0.25, 0.3) is 0 Å². The van der Waals surface area contributed by atoms with Crippen LogP contribution in [0.3, 0.4) is 0 Å². The van der Waals surface area contributed by atoms with Crippen molar-refractivity contribution < 1.29 is 13.2 Å². The van der Waals surface area contributed by atoms with Crippen molar-refractivity contribution in [3.8, 4) is 11.3 Å². The predicted molar refractivity (Wildman–Crippen MR) is 105 cm³/mol. The SMILES string of the molecule is Cl.FC(F)(F)c1ccccc1-c1[nH]c2ccccc2c1CCC1=NCCN1. The molecule has 3 nitrogen and oxygen atoms in total. The lowest BCUT2D eigenvalue weighted by atomic mass is 9.97. The zero-order valence-corrected chi connectivity index (χ0v) is 15.3. The van der Waals surface area contributed by atoms with Crippen molar-refractivity contribution in [3.63, 3.8) is 0 Å². The summed E-state index contributed by atoms with van der Waals surface area (Å²) in [6.45, 7) is 1.58. The van der Waals surface area contributed by atoms with Crippen LogP contribution in [-0.2, 0) is 12.6 Å². The van der Waals surface area contributed by atoms with E-state index < -0.39 is 11.7 Å². The maximum Gasteiger partial charge on any atom is 0.417 e. The Labute approximate surface area is 161 Å². The summed E-state index contributed by atoms with van der Waals surface area (Å²) in [5, 5.41) is 4.18. The van der Waals surface area contributed by atoms with Crippen LogP contribution in [0.5, 0.6) is 0 Å². The third-order valence-electron chi connectivity index (χ3n) is 4.67. The van der Waals surface area contributed by atoms with Crippen molar-refractivity contribution in [1.82, 2.24) is 10.3 Å². The third kappa shape index (κ3) is 3.81. The fourth-order valence-electron chi connectivity index (χ4n) is 3.50. The monoisotopic (exact) mass is 393 g/mol. The van der Waals surface area contributed by atoms with Gasteiger partial charge in [-0.3, -0.25) is 4.99 Å². The molecule has 0 bridgehead atoms. The molecule has 0 amide bonds. The molecule has 0 spiro atoms. The van der Waals surface area contributed by atoms with Gasteiger partial charge in [-0.15, -0.1) is 12.4 Å². The number of fused-ring (bicyclic) bond motifs is 1. The minimum absolute atomic E-state index is 0. The Morgan fingerprint density at radius 2 is 1.70 bits per heavy atom. The molecule has 7 heteroatoms. The highest BCUT2D eigenvalue weighted by Gasteiger charge is 2.34. The van der Waals surface area contributed by atoms with Crippen molar-refractivity contribution in [2.45, 2.75) is 19.0 Å². The van der Waals surface area contributed by atoms with Crippen LogP contribution in [-0.4, -0.2) is 23.9 Å². The van der Waals surface area contributed by atoms with Gasteiger partial charge in [0.2, 0.25) is 0 Å². The number of rotatable bonds is 4. The molecule has 3 aromatic rings. The van der Waals surface area contributed by atoms with Crippen molar-refractivity contribution in [2.24, 2.45) is 4.99 Å². The second-order valence-corrected chi connectivity index (χ2v) is 6.32. The van der Waals surface area contributed by atoms with Gasteiger partial charge in [0.1, 0.15) is 0 Å². The molecule has 27 heavy (non-hydrogen) atoms. The lowest BCUT2D eigenvalue weighted by molar-refractivity contribution is -0.137. The summed E-state index contributed by atoms with van der Waals surface area (Å²) in [5.41, 5.74) is 1.85. The minimum atomic E-state index is -4.40. The number of amidine groups is 1. The fourth-order valence-corrected chi connectivity index (χ4v) is 3.50. The predicted octanol–water partition coefficient (Wildman–Crippen LogP) is 5.21. The lowest BCUT2D eigenvalue weighted by Crippen LogP contribution is -2.18. The minimum Gasteiger partial charge on any atom is -0.372 e. The Balaban J connectivity index is 0.00000210. The van der Waals surface area contributed by atoms with Crippen molar-refractivity contribution in [2.75, 3.05) is 13.1 Å². The molecule has 0 radical (unpaired) electrons. The van der Waals surface area contributed by atoms with Crippen molar-refractivity contribution in [1.29, 1.82) is 0 Å². The summed E-state index contributed by atoms with van der Waals surface area (Å²) in [5.74, 6) is 0.922. The fraction of sp³-hybridized carbons (Fsp3) is 0.250. The van der Waals surface area contributed by atoms with E-state index in [9.17, 15) is 13.2 Å². The van der Waals surface area contributed by atoms with E-state index in [4.69, 9.17) is 0 Å². The average molecular weight is 394 g/mol. The zero-order valence-electron chi connectivity index (χ0n) is 14.4. The van der Waals surface area contributed by atoms with E-state index in [-0.39, 0.29) is 18.0 Å². The normalized spacial score (nSPS) is 14.0. The number of nitrogens with one attached hydrogen (secondary N) is 2. The van der Waals surface area contributed by atoms with Crippen LogP contribution in [0.1, 0.15) is 17.5 Å². The van der Waals surface area contributed by atoms with Crippen molar-refractivity contribution >= 4 is 29.1 Å². The van der Waals surface area contributed by atoms with Crippen LogP contribution < -0.4 is 5.32 Å². The number of aromatic nitrogens is 1. The highest BCUT2D eigenvalue weighted by Crippen LogP contribution is 2.39. The molecule has 2 heterocycles. The molecule has 0 aliphatic carbocycles. The number of aliphatic imine (C=N–C) groups is 1. The van der Waals surface area contributed by atoms with Gasteiger partial charge in [-0.2, -0.15) is 13.2 Å². The first-order valence-electron chi connectivity index (χ1n) is 8.57. The summed E-state index contributed by atoms with van der Waals surface area (Å²) in [6, 6.07) is 13.4. The summed E-state index contributed by atoms with van der Waals surface area (Å²) >= 11 is 0. The smallest absolute Gasteiger partial charge is 0.372 e. The largest absolute Gasteiger partial charge is 0.417 e. The molecule has 0 fully saturated rings. The molecule has 0 saturated carbocycles. The Kier molecular flexibility index (Phi) is 5.46. The molecular weight excluding hydrogens is 375 g/mol. The number of alkyl halides is 3. The van der Waals surface area contributed by atoms with Crippen LogP contribution in [0.4, 0.5) is 13.2 Å². The standard InChI is InChI=1S/C20H18F3N3.ClH/c21-20(22,23)16-7-3-1-6-15(16)19-14(9-10-18-24-11-12-25-18)13-5-2-4-8-17(13)26-19;/h1-8,26H,9-12H2,(H,24,25);1H. The number of halogens is 4. The highest BCUT2D eigenvalue weighted by atomic mass is 35.5. The Morgan fingerprint density at radius 3 is 2.44 bits per heavy atom. The number of hydrogen-bond acceptors (Lipinski definition) is 2. The Bertz CT molecular complexity index is 976.